The van der Waals surface area contributed by atoms with Crippen molar-refractivity contribution in [2.75, 3.05) is 13.2 Å². The number of hydrogen-bond donors (Lipinski definition) is 2. The molecule has 1 rings (SSSR count). The molecule has 0 aromatic carbocycles. The maximum absolute atomic E-state index is 12.5. The van der Waals surface area contributed by atoms with Crippen molar-refractivity contribution in [1.82, 2.24) is 0 Å². The number of allylic oxidation sites excluding steroid dienone is 7. The van der Waals surface area contributed by atoms with E-state index >= 15 is 0 Å². The Labute approximate surface area is 322 Å². The Morgan fingerprint density at radius 3 is 1.72 bits per heavy atom. The van der Waals surface area contributed by atoms with Crippen LogP contribution in [-0.4, -0.2) is 53.3 Å². The van der Waals surface area contributed by atoms with Crippen molar-refractivity contribution in [2.45, 2.75) is 199 Å². The van der Waals surface area contributed by atoms with Gasteiger partial charge in [-0.1, -0.05) is 140 Å². The molecule has 0 bridgehead atoms. The third kappa shape index (κ3) is 34.2. The fourth-order valence-corrected chi connectivity index (χ4v) is 6.34. The molecule has 0 radical (unpaired) electrons. The molecule has 0 aliphatic carbocycles. The molecule has 1 heterocycles. The van der Waals surface area contributed by atoms with E-state index in [0.717, 1.165) is 51.4 Å². The van der Waals surface area contributed by atoms with Gasteiger partial charge in [0.15, 0.2) is 6.10 Å². The summed E-state index contributed by atoms with van der Waals surface area (Å²) < 4.78 is 32.1. The van der Waals surface area contributed by atoms with Gasteiger partial charge in [0.1, 0.15) is 6.61 Å². The van der Waals surface area contributed by atoms with Crippen LogP contribution in [-0.2, 0) is 32.9 Å². The van der Waals surface area contributed by atoms with Gasteiger partial charge in [-0.2, -0.15) is 0 Å². The molecule has 53 heavy (non-hydrogen) atoms. The number of rotatable bonds is 37. The minimum absolute atomic E-state index is 0.113. The summed E-state index contributed by atoms with van der Waals surface area (Å²) in [5.74, 6) is -0.966. The molecule has 3 atom stereocenters. The fourth-order valence-electron chi connectivity index (χ4n) is 5.98. The Morgan fingerprint density at radius 1 is 0.604 bits per heavy atom. The molecule has 0 aromatic heterocycles. The van der Waals surface area contributed by atoms with Crippen LogP contribution in [0.5, 0.6) is 0 Å². The summed E-state index contributed by atoms with van der Waals surface area (Å²) in [6.45, 7) is 3.59. The average molecular weight is 767 g/mol. The monoisotopic (exact) mass is 767 g/mol. The van der Waals surface area contributed by atoms with Crippen LogP contribution in [0, 0.1) is 0 Å². The summed E-state index contributed by atoms with van der Waals surface area (Å²) in [5.41, 5.74) is 0. The fraction of sp³-hybridized carbons (Fsp3) is 0.767. The normalized spacial score (nSPS) is 16.8. The van der Waals surface area contributed by atoms with Crippen molar-refractivity contribution in [2.24, 2.45) is 0 Å². The molecule has 1 aliphatic heterocycles. The molecule has 2 unspecified atom stereocenters. The molecule has 1 fully saturated rings. The number of unbranched alkanes of at least 4 members (excludes halogenated alkanes) is 16. The van der Waals surface area contributed by atoms with Gasteiger partial charge in [-0.3, -0.25) is 14.1 Å². The Balaban J connectivity index is 2.12. The molecule has 0 spiro atoms. The zero-order valence-electron chi connectivity index (χ0n) is 33.3. The third-order valence-corrected chi connectivity index (χ3v) is 9.73. The molecule has 2 N–H and O–H groups in total. The maximum atomic E-state index is 12.5. The molecular formula is C43H75O9P. The summed E-state index contributed by atoms with van der Waals surface area (Å²) in [5, 5.41) is 0. The number of ether oxygens (including phenoxy) is 3. The van der Waals surface area contributed by atoms with Crippen molar-refractivity contribution >= 4 is 19.8 Å². The highest BCUT2D eigenvalue weighted by Gasteiger charge is 2.36. The van der Waals surface area contributed by atoms with E-state index in [9.17, 15) is 14.2 Å². The van der Waals surface area contributed by atoms with E-state index in [1.807, 2.05) is 0 Å². The van der Waals surface area contributed by atoms with Crippen LogP contribution in [0.15, 0.2) is 48.6 Å². The van der Waals surface area contributed by atoms with E-state index in [2.05, 4.69) is 67.0 Å². The number of esters is 2. The van der Waals surface area contributed by atoms with E-state index in [0.29, 0.717) is 19.3 Å². The van der Waals surface area contributed by atoms with Gasteiger partial charge in [0.25, 0.3) is 0 Å². The minimum Gasteiger partial charge on any atom is -0.462 e. The zero-order valence-corrected chi connectivity index (χ0v) is 34.2. The number of phosphoric ester groups is 1. The van der Waals surface area contributed by atoms with E-state index in [-0.39, 0.29) is 31.7 Å². The highest BCUT2D eigenvalue weighted by Crippen LogP contribution is 2.36. The number of hydrogen-bond acceptors (Lipinski definition) is 7. The summed E-state index contributed by atoms with van der Waals surface area (Å²) in [4.78, 5) is 43.0. The topological polar surface area (TPSA) is 132 Å². The van der Waals surface area contributed by atoms with Crippen LogP contribution >= 0.6 is 7.82 Å². The van der Waals surface area contributed by atoms with Gasteiger partial charge in [0, 0.05) is 12.8 Å². The molecule has 306 valence electrons. The van der Waals surface area contributed by atoms with Crippen LogP contribution in [0.4, 0.5) is 0 Å². The molecule has 0 aromatic rings. The van der Waals surface area contributed by atoms with Gasteiger partial charge in [0.2, 0.25) is 0 Å². The Hall–Kier alpha value is -2.03. The first-order valence-electron chi connectivity index (χ1n) is 21.1. The van der Waals surface area contributed by atoms with E-state index in [4.69, 9.17) is 24.0 Å². The van der Waals surface area contributed by atoms with Gasteiger partial charge in [-0.05, 0) is 77.0 Å². The Morgan fingerprint density at radius 2 is 1.09 bits per heavy atom. The molecule has 0 saturated carbocycles. The van der Waals surface area contributed by atoms with Gasteiger partial charge >= 0.3 is 19.8 Å². The predicted octanol–water partition coefficient (Wildman–Crippen LogP) is 11.7. The second kappa shape index (κ2) is 34.5. The second-order valence-electron chi connectivity index (χ2n) is 14.3. The smallest absolute Gasteiger partial charge is 0.462 e. The first-order valence-corrected chi connectivity index (χ1v) is 22.6. The number of carbonyl (C=O) groups excluding carboxylic acids is 2. The van der Waals surface area contributed by atoms with E-state index in [1.54, 1.807) is 0 Å². The number of epoxide rings is 1. The zero-order chi connectivity index (χ0) is 38.7. The maximum Gasteiger partial charge on any atom is 0.469 e. The largest absolute Gasteiger partial charge is 0.469 e. The lowest BCUT2D eigenvalue weighted by Crippen LogP contribution is -2.29. The summed E-state index contributed by atoms with van der Waals surface area (Å²) in [6.07, 6.45) is 44.2. The highest BCUT2D eigenvalue weighted by molar-refractivity contribution is 7.46. The van der Waals surface area contributed by atoms with Gasteiger partial charge in [-0.25, -0.2) is 4.57 Å². The average Bonchev–Trinajstić information content (AvgIpc) is 3.88. The molecule has 9 nitrogen and oxygen atoms in total. The molecule has 0 amide bonds. The van der Waals surface area contributed by atoms with E-state index < -0.39 is 32.5 Å². The molecule has 1 aliphatic rings. The second-order valence-corrected chi connectivity index (χ2v) is 15.6. The Kier molecular flexibility index (Phi) is 31.9. The third-order valence-electron chi connectivity index (χ3n) is 9.24. The van der Waals surface area contributed by atoms with Crippen molar-refractivity contribution in [3.05, 3.63) is 48.6 Å². The lowest BCUT2D eigenvalue weighted by atomic mass is 10.1. The molecule has 10 heteroatoms. The van der Waals surface area contributed by atoms with Crippen LogP contribution in [0.25, 0.3) is 0 Å². The summed E-state index contributed by atoms with van der Waals surface area (Å²) in [7, 11) is -4.78. The lowest BCUT2D eigenvalue weighted by molar-refractivity contribution is -0.161. The van der Waals surface area contributed by atoms with Crippen LogP contribution in [0.2, 0.25) is 0 Å². The SMILES string of the molecule is CCCCC/C=C\C/C=C\C/C=C\CC1OC1CCCC(=O)O[C@H](COC(=O)CCCCCCCCC/C=C\CCCCCCCC)COP(=O)(O)O. The number of carbonyl (C=O) groups is 2. The Bertz CT molecular complexity index is 1060. The predicted molar refractivity (Wildman–Crippen MR) is 215 cm³/mol. The van der Waals surface area contributed by atoms with Crippen LogP contribution in [0.3, 0.4) is 0 Å². The van der Waals surface area contributed by atoms with Crippen molar-refractivity contribution in [3.63, 3.8) is 0 Å². The minimum atomic E-state index is -4.78. The summed E-state index contributed by atoms with van der Waals surface area (Å²) >= 11 is 0. The highest BCUT2D eigenvalue weighted by atomic mass is 31.2. The van der Waals surface area contributed by atoms with Crippen molar-refractivity contribution in [3.8, 4) is 0 Å². The molecule has 1 saturated heterocycles. The van der Waals surface area contributed by atoms with Crippen LogP contribution in [0.1, 0.15) is 181 Å². The number of phosphoric acid groups is 1. The first-order chi connectivity index (χ1) is 25.7. The van der Waals surface area contributed by atoms with Crippen LogP contribution < -0.4 is 0 Å². The lowest BCUT2D eigenvalue weighted by Gasteiger charge is -2.18. The van der Waals surface area contributed by atoms with E-state index in [1.165, 1.54) is 83.5 Å². The quantitative estimate of drug-likeness (QED) is 0.0208. The van der Waals surface area contributed by atoms with Gasteiger partial charge < -0.3 is 24.0 Å². The molecular weight excluding hydrogens is 691 g/mol. The van der Waals surface area contributed by atoms with Crippen molar-refractivity contribution < 1.29 is 42.7 Å². The van der Waals surface area contributed by atoms with Gasteiger partial charge in [0.05, 0.1) is 18.8 Å². The summed E-state index contributed by atoms with van der Waals surface area (Å²) in [6, 6.07) is 0. The van der Waals surface area contributed by atoms with Crippen molar-refractivity contribution in [1.29, 1.82) is 0 Å². The standard InChI is InChI=1S/C43H75O9P/c1-3-5-7-9-11-13-15-17-18-19-20-21-23-25-27-29-31-35-42(44)49-37-39(38-50-53(46,47)48)51-43(45)36-32-34-41-40(52-41)33-30-28-26-24-22-16-14-12-10-8-6-4-2/h12,14,17-18,22,24,28,30,39-41H,3-11,13,15-16,19-21,23,25-27,29,31-38H2,1-2H3,(H2,46,47,48)/b14-12-,18-17-,24-22-,30-28-/t39-,40?,41?/m1/s1. The van der Waals surface area contributed by atoms with Gasteiger partial charge in [-0.15, -0.1) is 0 Å². The first kappa shape index (κ1) is 49.0.